The van der Waals surface area contributed by atoms with Crippen LogP contribution in [0.25, 0.3) is 6.08 Å². The first-order valence-electron chi connectivity index (χ1n) is 9.47. The molecule has 0 aromatic heterocycles. The maximum atomic E-state index is 13.1. The minimum atomic E-state index is -0.626. The van der Waals surface area contributed by atoms with E-state index in [1.54, 1.807) is 18.2 Å². The van der Waals surface area contributed by atoms with E-state index in [0.717, 1.165) is 5.56 Å². The van der Waals surface area contributed by atoms with Crippen LogP contribution in [0.4, 0.5) is 4.39 Å². The lowest BCUT2D eigenvalue weighted by atomic mass is 10.1. The second-order valence-electron chi connectivity index (χ2n) is 6.76. The van der Waals surface area contributed by atoms with E-state index < -0.39 is 11.8 Å². The molecule has 0 aliphatic carbocycles. The van der Waals surface area contributed by atoms with Crippen LogP contribution < -0.4 is 9.47 Å². The van der Waals surface area contributed by atoms with Crippen molar-refractivity contribution in [3.63, 3.8) is 0 Å². The maximum absolute atomic E-state index is 13.1. The summed E-state index contributed by atoms with van der Waals surface area (Å²) in [6.07, 6.45) is 1.52. The van der Waals surface area contributed by atoms with E-state index >= 15 is 0 Å². The third-order valence-electron chi connectivity index (χ3n) is 4.60. The number of ether oxygens (including phenoxy) is 3. The van der Waals surface area contributed by atoms with Gasteiger partial charge in [0.15, 0.2) is 17.2 Å². The van der Waals surface area contributed by atoms with E-state index in [1.807, 2.05) is 18.2 Å². The molecule has 1 aliphatic heterocycles. The largest absolute Gasteiger partial charge is 0.493 e. The summed E-state index contributed by atoms with van der Waals surface area (Å²) < 4.78 is 29.6. The number of carbonyl (C=O) groups excluding carboxylic acids is 1. The number of methoxy groups -OCH3 is 1. The molecular weight excluding hydrogens is 456 g/mol. The van der Waals surface area contributed by atoms with Crippen molar-refractivity contribution in [2.24, 2.45) is 4.99 Å². The third-order valence-corrected chi connectivity index (χ3v) is 5.25. The predicted molar refractivity (Wildman–Crippen MR) is 121 cm³/mol. The van der Waals surface area contributed by atoms with Crippen molar-refractivity contribution in [2.45, 2.75) is 6.61 Å². The third kappa shape index (κ3) is 4.77. The second-order valence-corrected chi connectivity index (χ2v) is 7.57. The van der Waals surface area contributed by atoms with E-state index in [0.29, 0.717) is 27.6 Å². The summed E-state index contributed by atoms with van der Waals surface area (Å²) >= 11 is 12.6. The lowest BCUT2D eigenvalue weighted by Gasteiger charge is -2.14. The van der Waals surface area contributed by atoms with Gasteiger partial charge in [0, 0.05) is 16.1 Å². The van der Waals surface area contributed by atoms with Crippen molar-refractivity contribution < 1.29 is 23.4 Å². The molecule has 4 rings (SSSR count). The molecule has 162 valence electrons. The molecule has 32 heavy (non-hydrogen) atoms. The highest BCUT2D eigenvalue weighted by Crippen LogP contribution is 2.38. The number of carbonyl (C=O) groups is 1. The quantitative estimate of drug-likeness (QED) is 0.323. The summed E-state index contributed by atoms with van der Waals surface area (Å²) in [5.74, 6) is -0.197. The molecule has 1 aliphatic rings. The average molecular weight is 472 g/mol. The number of benzene rings is 3. The highest BCUT2D eigenvalue weighted by atomic mass is 35.5. The Bertz CT molecular complexity index is 1240. The molecule has 0 atom stereocenters. The standard InChI is InChI=1S/C24H16Cl2FNO4/c1-30-21-12-14(10-19(26)22(21)31-13-16-4-2-3-5-18(16)25)11-20-24(29)32-23(28-20)15-6-8-17(27)9-7-15/h2-12H,13H2,1H3. The monoisotopic (exact) mass is 471 g/mol. The minimum Gasteiger partial charge on any atom is -0.493 e. The van der Waals surface area contributed by atoms with E-state index in [-0.39, 0.29) is 23.2 Å². The zero-order chi connectivity index (χ0) is 22.7. The summed E-state index contributed by atoms with van der Waals surface area (Å²) in [6.45, 7) is 0.202. The Balaban J connectivity index is 1.59. The van der Waals surface area contributed by atoms with Crippen LogP contribution in [0.2, 0.25) is 10.0 Å². The Kier molecular flexibility index (Phi) is 6.44. The van der Waals surface area contributed by atoms with Crippen LogP contribution in [0.5, 0.6) is 11.5 Å². The van der Waals surface area contributed by atoms with Crippen LogP contribution in [0.15, 0.2) is 71.4 Å². The highest BCUT2D eigenvalue weighted by molar-refractivity contribution is 6.32. The Morgan fingerprint density at radius 1 is 1.06 bits per heavy atom. The van der Waals surface area contributed by atoms with Gasteiger partial charge in [-0.05, 0) is 54.1 Å². The smallest absolute Gasteiger partial charge is 0.363 e. The molecule has 5 nitrogen and oxygen atoms in total. The van der Waals surface area contributed by atoms with Crippen LogP contribution in [0.1, 0.15) is 16.7 Å². The predicted octanol–water partition coefficient (Wildman–Crippen LogP) is 6.06. The van der Waals surface area contributed by atoms with Crippen LogP contribution in [0.3, 0.4) is 0 Å². The van der Waals surface area contributed by atoms with Gasteiger partial charge in [-0.3, -0.25) is 0 Å². The fraction of sp³-hybridized carbons (Fsp3) is 0.0833. The van der Waals surface area contributed by atoms with Gasteiger partial charge in [-0.2, -0.15) is 0 Å². The lowest BCUT2D eigenvalue weighted by Crippen LogP contribution is -2.05. The van der Waals surface area contributed by atoms with Crippen molar-refractivity contribution in [3.05, 3.63) is 98.9 Å². The van der Waals surface area contributed by atoms with Crippen molar-refractivity contribution >= 4 is 41.1 Å². The number of esters is 1. The van der Waals surface area contributed by atoms with Crippen molar-refractivity contribution in [1.82, 2.24) is 0 Å². The minimum absolute atomic E-state index is 0.0761. The topological polar surface area (TPSA) is 57.1 Å². The maximum Gasteiger partial charge on any atom is 0.363 e. The number of aliphatic imine (C=N–C) groups is 1. The first kappa shape index (κ1) is 21.9. The molecule has 8 heteroatoms. The van der Waals surface area contributed by atoms with Gasteiger partial charge < -0.3 is 14.2 Å². The van der Waals surface area contributed by atoms with Crippen LogP contribution in [-0.4, -0.2) is 19.0 Å². The molecule has 3 aromatic carbocycles. The van der Waals surface area contributed by atoms with Gasteiger partial charge in [0.05, 0.1) is 12.1 Å². The molecule has 1 heterocycles. The van der Waals surface area contributed by atoms with Crippen molar-refractivity contribution in [2.75, 3.05) is 7.11 Å². The second kappa shape index (κ2) is 9.42. The average Bonchev–Trinajstić information content (AvgIpc) is 3.14. The summed E-state index contributed by atoms with van der Waals surface area (Å²) in [5, 5.41) is 0.871. The van der Waals surface area contributed by atoms with Gasteiger partial charge >= 0.3 is 5.97 Å². The van der Waals surface area contributed by atoms with Gasteiger partial charge in [0.2, 0.25) is 5.90 Å². The number of cyclic esters (lactones) is 1. The van der Waals surface area contributed by atoms with E-state index in [4.69, 9.17) is 37.4 Å². The van der Waals surface area contributed by atoms with Crippen molar-refractivity contribution in [1.29, 1.82) is 0 Å². The summed E-state index contributed by atoms with van der Waals surface area (Å²) in [5.41, 5.74) is 1.93. The van der Waals surface area contributed by atoms with Crippen LogP contribution in [0, 0.1) is 5.82 Å². The van der Waals surface area contributed by atoms with Gasteiger partial charge in [-0.15, -0.1) is 0 Å². The van der Waals surface area contributed by atoms with E-state index in [1.165, 1.54) is 37.5 Å². The van der Waals surface area contributed by atoms with Gasteiger partial charge in [-0.25, -0.2) is 14.2 Å². The number of hydrogen-bond donors (Lipinski definition) is 0. The molecular formula is C24H16Cl2FNO4. The fourth-order valence-electron chi connectivity index (χ4n) is 3.01. The molecule has 0 bridgehead atoms. The fourth-order valence-corrected chi connectivity index (χ4v) is 3.48. The molecule has 0 fully saturated rings. The lowest BCUT2D eigenvalue weighted by molar-refractivity contribution is -0.129. The Morgan fingerprint density at radius 2 is 1.81 bits per heavy atom. The molecule has 0 N–H and O–H groups in total. The molecule has 0 amide bonds. The molecule has 0 spiro atoms. The zero-order valence-electron chi connectivity index (χ0n) is 16.8. The first-order chi connectivity index (χ1) is 15.4. The Labute approximate surface area is 193 Å². The molecule has 0 saturated carbocycles. The molecule has 0 saturated heterocycles. The van der Waals surface area contributed by atoms with Gasteiger partial charge in [0.25, 0.3) is 0 Å². The van der Waals surface area contributed by atoms with Crippen LogP contribution >= 0.6 is 23.2 Å². The summed E-state index contributed by atoms with van der Waals surface area (Å²) in [7, 11) is 1.49. The van der Waals surface area contributed by atoms with E-state index in [9.17, 15) is 9.18 Å². The number of rotatable bonds is 6. The van der Waals surface area contributed by atoms with E-state index in [2.05, 4.69) is 4.99 Å². The Hall–Kier alpha value is -3.35. The highest BCUT2D eigenvalue weighted by Gasteiger charge is 2.24. The van der Waals surface area contributed by atoms with Gasteiger partial charge in [-0.1, -0.05) is 41.4 Å². The van der Waals surface area contributed by atoms with Gasteiger partial charge in [0.1, 0.15) is 12.4 Å². The zero-order valence-corrected chi connectivity index (χ0v) is 18.3. The number of hydrogen-bond acceptors (Lipinski definition) is 5. The van der Waals surface area contributed by atoms with Crippen LogP contribution in [-0.2, 0) is 16.1 Å². The molecule has 0 radical (unpaired) electrons. The SMILES string of the molecule is COc1cc(C=C2N=C(c3ccc(F)cc3)OC2=O)cc(Cl)c1OCc1ccccc1Cl. The molecule has 3 aromatic rings. The number of nitrogens with zero attached hydrogens (tertiary/aromatic N) is 1. The Morgan fingerprint density at radius 3 is 2.53 bits per heavy atom. The summed E-state index contributed by atoms with van der Waals surface area (Å²) in [6, 6.07) is 16.1. The molecule has 0 unspecified atom stereocenters. The van der Waals surface area contributed by atoms with Crippen molar-refractivity contribution in [3.8, 4) is 11.5 Å². The summed E-state index contributed by atoms with van der Waals surface area (Å²) in [4.78, 5) is 16.5. The normalized spacial score (nSPS) is 14.3. The number of halogens is 3. The first-order valence-corrected chi connectivity index (χ1v) is 10.2.